The van der Waals surface area contributed by atoms with Crippen LogP contribution >= 0.6 is 0 Å². The van der Waals surface area contributed by atoms with Gasteiger partial charge in [-0.2, -0.15) is 0 Å². The standard InChI is InChI=1S/C12H23B/c13-11-7-2-1-4-8-12-9-5-3-6-10-12/h9H,1-8,10-11,13H2. The fourth-order valence-corrected chi connectivity index (χ4v) is 2.09. The maximum Gasteiger partial charge on any atom is 0.101 e. The van der Waals surface area contributed by atoms with E-state index in [-0.39, 0.29) is 0 Å². The summed E-state index contributed by atoms with van der Waals surface area (Å²) in [5, 5.41) is 0. The molecule has 13 heavy (non-hydrogen) atoms. The maximum atomic E-state index is 2.49. The average Bonchev–Trinajstić information content (AvgIpc) is 2.19. The molecule has 1 aliphatic carbocycles. The van der Waals surface area contributed by atoms with E-state index >= 15 is 0 Å². The summed E-state index contributed by atoms with van der Waals surface area (Å²) in [5.74, 6) is 0. The fourth-order valence-electron chi connectivity index (χ4n) is 2.09. The average molecular weight is 178 g/mol. The predicted octanol–water partition coefficient (Wildman–Crippen LogP) is 3.49. The summed E-state index contributed by atoms with van der Waals surface area (Å²) in [7, 11) is 2.28. The minimum Gasteiger partial charge on any atom is -0.0853 e. The third-order valence-corrected chi connectivity index (χ3v) is 2.99. The zero-order valence-electron chi connectivity index (χ0n) is 9.15. The Morgan fingerprint density at radius 1 is 1.08 bits per heavy atom. The summed E-state index contributed by atoms with van der Waals surface area (Å²) >= 11 is 0. The molecule has 0 saturated carbocycles. The Kier molecular flexibility index (Phi) is 6.05. The predicted molar refractivity (Wildman–Crippen MR) is 63.0 cm³/mol. The molecule has 0 atom stereocenters. The van der Waals surface area contributed by atoms with E-state index in [0.717, 1.165) is 0 Å². The molecule has 0 radical (unpaired) electrons. The molecule has 0 N–H and O–H groups in total. The molecule has 0 aromatic heterocycles. The molecule has 74 valence electrons. The summed E-state index contributed by atoms with van der Waals surface area (Å²) in [6.45, 7) is 0. The second kappa shape index (κ2) is 7.23. The van der Waals surface area contributed by atoms with Gasteiger partial charge in [0.25, 0.3) is 0 Å². The number of hydrogen-bond acceptors (Lipinski definition) is 0. The van der Waals surface area contributed by atoms with Crippen molar-refractivity contribution >= 4 is 7.85 Å². The summed E-state index contributed by atoms with van der Waals surface area (Å²) in [5.41, 5.74) is 1.75. The first-order valence-corrected chi connectivity index (χ1v) is 6.11. The summed E-state index contributed by atoms with van der Waals surface area (Å²) in [6, 6.07) is 0. The fraction of sp³-hybridized carbons (Fsp3) is 0.833. The highest BCUT2D eigenvalue weighted by Crippen LogP contribution is 2.22. The van der Waals surface area contributed by atoms with Crippen molar-refractivity contribution in [2.24, 2.45) is 0 Å². The molecule has 0 fully saturated rings. The van der Waals surface area contributed by atoms with Crippen LogP contribution in [0.1, 0.15) is 57.8 Å². The number of unbranched alkanes of at least 4 members (excludes halogenated alkanes) is 3. The molecule has 0 aromatic carbocycles. The van der Waals surface area contributed by atoms with Crippen LogP contribution in [-0.4, -0.2) is 7.85 Å². The van der Waals surface area contributed by atoms with Crippen LogP contribution in [-0.2, 0) is 0 Å². The summed E-state index contributed by atoms with van der Waals surface area (Å²) in [4.78, 5) is 0. The lowest BCUT2D eigenvalue weighted by Gasteiger charge is -2.11. The number of hydrogen-bond donors (Lipinski definition) is 0. The lowest BCUT2D eigenvalue weighted by molar-refractivity contribution is 0.622. The van der Waals surface area contributed by atoms with Gasteiger partial charge in [-0.3, -0.25) is 0 Å². The van der Waals surface area contributed by atoms with Crippen LogP contribution in [0.3, 0.4) is 0 Å². The van der Waals surface area contributed by atoms with E-state index in [2.05, 4.69) is 13.9 Å². The summed E-state index contributed by atoms with van der Waals surface area (Å²) < 4.78 is 0. The van der Waals surface area contributed by atoms with Gasteiger partial charge >= 0.3 is 0 Å². The lowest BCUT2D eigenvalue weighted by Crippen LogP contribution is -1.92. The van der Waals surface area contributed by atoms with Gasteiger partial charge in [0.1, 0.15) is 7.85 Å². The second-order valence-corrected chi connectivity index (χ2v) is 4.27. The molecule has 0 heterocycles. The van der Waals surface area contributed by atoms with Gasteiger partial charge in [-0.05, 0) is 38.5 Å². The lowest BCUT2D eigenvalue weighted by atomic mass is 9.94. The SMILES string of the molecule is BCCCCCCC1=CCCCC1. The van der Waals surface area contributed by atoms with Crippen molar-refractivity contribution in [1.82, 2.24) is 0 Å². The Hall–Kier alpha value is -0.195. The smallest absolute Gasteiger partial charge is 0.0853 e. The molecule has 0 unspecified atom stereocenters. The van der Waals surface area contributed by atoms with Crippen LogP contribution in [0.5, 0.6) is 0 Å². The molecular formula is C12H23B. The van der Waals surface area contributed by atoms with Gasteiger partial charge in [0.05, 0.1) is 0 Å². The van der Waals surface area contributed by atoms with Crippen molar-refractivity contribution < 1.29 is 0 Å². The quantitative estimate of drug-likeness (QED) is 0.332. The molecule has 1 heteroatoms. The molecule has 0 bridgehead atoms. The minimum atomic E-state index is 1.35. The largest absolute Gasteiger partial charge is 0.101 e. The minimum absolute atomic E-state index is 1.35. The van der Waals surface area contributed by atoms with Gasteiger partial charge in [-0.15, -0.1) is 0 Å². The van der Waals surface area contributed by atoms with Crippen molar-refractivity contribution in [3.8, 4) is 0 Å². The molecule has 0 aliphatic heterocycles. The topological polar surface area (TPSA) is 0 Å². The van der Waals surface area contributed by atoms with Gasteiger partial charge in [-0.25, -0.2) is 0 Å². The van der Waals surface area contributed by atoms with Crippen LogP contribution in [0.2, 0.25) is 6.32 Å². The first-order chi connectivity index (χ1) is 6.43. The van der Waals surface area contributed by atoms with Crippen molar-refractivity contribution in [2.45, 2.75) is 64.1 Å². The monoisotopic (exact) mass is 178 g/mol. The molecular weight excluding hydrogens is 155 g/mol. The highest BCUT2D eigenvalue weighted by molar-refractivity contribution is 6.08. The third kappa shape index (κ3) is 5.18. The Balaban J connectivity index is 1.95. The van der Waals surface area contributed by atoms with Gasteiger partial charge < -0.3 is 0 Å². The number of rotatable bonds is 6. The molecule has 0 amide bonds. The van der Waals surface area contributed by atoms with Crippen molar-refractivity contribution in [1.29, 1.82) is 0 Å². The van der Waals surface area contributed by atoms with Crippen molar-refractivity contribution in [2.75, 3.05) is 0 Å². The van der Waals surface area contributed by atoms with E-state index in [9.17, 15) is 0 Å². The van der Waals surface area contributed by atoms with Gasteiger partial charge in [-0.1, -0.05) is 37.2 Å². The van der Waals surface area contributed by atoms with Gasteiger partial charge in [0.2, 0.25) is 0 Å². The van der Waals surface area contributed by atoms with Crippen LogP contribution < -0.4 is 0 Å². The third-order valence-electron chi connectivity index (χ3n) is 2.99. The number of allylic oxidation sites excluding steroid dienone is 2. The Morgan fingerprint density at radius 3 is 2.62 bits per heavy atom. The van der Waals surface area contributed by atoms with E-state index < -0.39 is 0 Å². The Morgan fingerprint density at radius 2 is 1.92 bits per heavy atom. The normalized spacial score (nSPS) is 17.1. The molecule has 0 aromatic rings. The maximum absolute atomic E-state index is 2.49. The van der Waals surface area contributed by atoms with E-state index in [1.807, 2.05) is 0 Å². The van der Waals surface area contributed by atoms with Crippen molar-refractivity contribution in [3.05, 3.63) is 11.6 Å². The first-order valence-electron chi connectivity index (χ1n) is 6.11. The van der Waals surface area contributed by atoms with E-state index in [4.69, 9.17) is 0 Å². The molecule has 1 rings (SSSR count). The molecule has 0 spiro atoms. The second-order valence-electron chi connectivity index (χ2n) is 4.27. The van der Waals surface area contributed by atoms with E-state index in [1.165, 1.54) is 64.1 Å². The van der Waals surface area contributed by atoms with Gasteiger partial charge in [0.15, 0.2) is 0 Å². The van der Waals surface area contributed by atoms with Crippen LogP contribution in [0.25, 0.3) is 0 Å². The van der Waals surface area contributed by atoms with E-state index in [0.29, 0.717) is 0 Å². The molecule has 0 nitrogen and oxygen atoms in total. The molecule has 0 saturated heterocycles. The first kappa shape index (κ1) is 10.9. The van der Waals surface area contributed by atoms with E-state index in [1.54, 1.807) is 5.57 Å². The Bertz CT molecular complexity index is 149. The zero-order valence-corrected chi connectivity index (χ0v) is 9.15. The van der Waals surface area contributed by atoms with Gasteiger partial charge in [0, 0.05) is 0 Å². The van der Waals surface area contributed by atoms with Crippen LogP contribution in [0, 0.1) is 0 Å². The summed E-state index contributed by atoms with van der Waals surface area (Å²) in [6.07, 6.45) is 16.6. The zero-order chi connectivity index (χ0) is 9.36. The molecule has 1 aliphatic rings. The van der Waals surface area contributed by atoms with Crippen LogP contribution in [0.4, 0.5) is 0 Å². The highest BCUT2D eigenvalue weighted by atomic mass is 14.1. The Labute approximate surface area is 84.2 Å². The van der Waals surface area contributed by atoms with Crippen LogP contribution in [0.15, 0.2) is 11.6 Å². The van der Waals surface area contributed by atoms with Crippen molar-refractivity contribution in [3.63, 3.8) is 0 Å². The highest BCUT2D eigenvalue weighted by Gasteiger charge is 2.02.